The molecule has 1 heterocycles. The average molecular weight is 267 g/mol. The van der Waals surface area contributed by atoms with E-state index in [4.69, 9.17) is 26.3 Å². The second kappa shape index (κ2) is 6.05. The predicted molar refractivity (Wildman–Crippen MR) is 68.9 cm³/mol. The van der Waals surface area contributed by atoms with Crippen LogP contribution in [-0.4, -0.2) is 31.9 Å². The molecule has 0 radical (unpaired) electrons. The molecule has 0 aromatic heterocycles. The first-order valence-corrected chi connectivity index (χ1v) is 6.25. The van der Waals surface area contributed by atoms with Crippen LogP contribution in [0.4, 0.5) is 0 Å². The van der Waals surface area contributed by atoms with Crippen LogP contribution in [0.3, 0.4) is 0 Å². The number of ether oxygens (including phenoxy) is 2. The van der Waals surface area contributed by atoms with Crippen molar-refractivity contribution in [2.45, 2.75) is 19.1 Å². The molecule has 0 spiro atoms. The van der Waals surface area contributed by atoms with E-state index >= 15 is 0 Å². The number of rotatable bonds is 3. The lowest BCUT2D eigenvalue weighted by Crippen LogP contribution is -2.45. The van der Waals surface area contributed by atoms with Gasteiger partial charge in [-0.05, 0) is 25.1 Å². The minimum absolute atomic E-state index is 0.0282. The van der Waals surface area contributed by atoms with Gasteiger partial charge in [0.2, 0.25) is 0 Å². The summed E-state index contributed by atoms with van der Waals surface area (Å²) in [5.41, 5.74) is 0.525. The summed E-state index contributed by atoms with van der Waals surface area (Å²) < 4.78 is 11.3. The Hall–Kier alpha value is -1.28. The Morgan fingerprint density at radius 1 is 1.56 bits per heavy atom. The third kappa shape index (κ3) is 3.36. The number of nitriles is 1. The summed E-state index contributed by atoms with van der Waals surface area (Å²) in [7, 11) is 0. The van der Waals surface area contributed by atoms with Gasteiger partial charge >= 0.3 is 0 Å². The van der Waals surface area contributed by atoms with Gasteiger partial charge in [-0.15, -0.1) is 0 Å². The summed E-state index contributed by atoms with van der Waals surface area (Å²) in [5, 5.41) is 12.5. The summed E-state index contributed by atoms with van der Waals surface area (Å²) in [4.78, 5) is 0. The van der Waals surface area contributed by atoms with Gasteiger partial charge in [0.05, 0.1) is 22.8 Å². The number of morpholine rings is 1. The fraction of sp³-hybridized carbons (Fsp3) is 0.462. The van der Waals surface area contributed by atoms with Crippen molar-refractivity contribution in [3.05, 3.63) is 28.8 Å². The van der Waals surface area contributed by atoms with E-state index in [-0.39, 0.29) is 12.2 Å². The van der Waals surface area contributed by atoms with Crippen LogP contribution >= 0.6 is 11.6 Å². The number of nitrogens with one attached hydrogen (secondary N) is 1. The summed E-state index contributed by atoms with van der Waals surface area (Å²) in [5.74, 6) is 0.581. The highest BCUT2D eigenvalue weighted by Crippen LogP contribution is 2.25. The second-order valence-corrected chi connectivity index (χ2v) is 4.70. The smallest absolute Gasteiger partial charge is 0.138 e. The van der Waals surface area contributed by atoms with Crippen LogP contribution in [0.1, 0.15) is 12.5 Å². The molecule has 1 aliphatic rings. The van der Waals surface area contributed by atoms with Gasteiger partial charge in [0.1, 0.15) is 18.5 Å². The van der Waals surface area contributed by atoms with Crippen molar-refractivity contribution in [1.82, 2.24) is 5.32 Å². The first-order chi connectivity index (χ1) is 8.69. The Kier molecular flexibility index (Phi) is 4.43. The molecule has 4 nitrogen and oxygen atoms in total. The third-order valence-corrected chi connectivity index (χ3v) is 3.01. The maximum absolute atomic E-state index is 8.74. The topological polar surface area (TPSA) is 54.3 Å². The van der Waals surface area contributed by atoms with Gasteiger partial charge < -0.3 is 14.8 Å². The summed E-state index contributed by atoms with van der Waals surface area (Å²) in [6.45, 7) is 4.11. The molecule has 1 aromatic carbocycles. The lowest BCUT2D eigenvalue weighted by atomic mass is 10.2. The monoisotopic (exact) mass is 266 g/mol. The molecule has 2 atom stereocenters. The van der Waals surface area contributed by atoms with E-state index in [2.05, 4.69) is 5.32 Å². The van der Waals surface area contributed by atoms with Gasteiger partial charge in [0, 0.05) is 13.1 Å². The third-order valence-electron chi connectivity index (χ3n) is 2.71. The molecule has 2 unspecified atom stereocenters. The van der Waals surface area contributed by atoms with Crippen LogP contribution in [0.5, 0.6) is 5.75 Å². The molecule has 5 heteroatoms. The van der Waals surface area contributed by atoms with E-state index in [1.807, 2.05) is 13.0 Å². The van der Waals surface area contributed by atoms with Crippen molar-refractivity contribution >= 4 is 11.6 Å². The van der Waals surface area contributed by atoms with Crippen molar-refractivity contribution in [2.24, 2.45) is 0 Å². The van der Waals surface area contributed by atoms with Gasteiger partial charge in [0.25, 0.3) is 0 Å². The Balaban J connectivity index is 1.92. The molecule has 1 saturated heterocycles. The zero-order valence-corrected chi connectivity index (χ0v) is 10.9. The van der Waals surface area contributed by atoms with Gasteiger partial charge in [-0.3, -0.25) is 0 Å². The highest BCUT2D eigenvalue weighted by atomic mass is 35.5. The van der Waals surface area contributed by atoms with Crippen LogP contribution in [0.2, 0.25) is 5.02 Å². The van der Waals surface area contributed by atoms with Crippen LogP contribution in [0, 0.1) is 11.3 Å². The molecule has 1 aliphatic heterocycles. The number of benzene rings is 1. The van der Waals surface area contributed by atoms with Crippen molar-refractivity contribution in [3.8, 4) is 11.8 Å². The predicted octanol–water partition coefficient (Wildman–Crippen LogP) is 1.97. The molecule has 1 aromatic rings. The molecule has 2 rings (SSSR count). The SMILES string of the molecule is CC1CNCC(COc2ccc(C#N)cc2Cl)O1. The Bertz CT molecular complexity index is 459. The first-order valence-electron chi connectivity index (χ1n) is 5.87. The molecule has 96 valence electrons. The normalized spacial score (nSPS) is 23.4. The largest absolute Gasteiger partial charge is 0.489 e. The summed E-state index contributed by atoms with van der Waals surface area (Å²) >= 11 is 6.02. The second-order valence-electron chi connectivity index (χ2n) is 4.29. The van der Waals surface area contributed by atoms with Gasteiger partial charge in [-0.1, -0.05) is 11.6 Å². The zero-order valence-electron chi connectivity index (χ0n) is 10.1. The van der Waals surface area contributed by atoms with Crippen LogP contribution in [-0.2, 0) is 4.74 Å². The van der Waals surface area contributed by atoms with E-state index in [9.17, 15) is 0 Å². The fourth-order valence-corrected chi connectivity index (χ4v) is 2.08. The standard InChI is InChI=1S/C13H15ClN2O2/c1-9-6-16-7-11(18-9)8-17-13-3-2-10(5-15)4-12(13)14/h2-4,9,11,16H,6-8H2,1H3. The highest BCUT2D eigenvalue weighted by Gasteiger charge is 2.19. The first kappa shape index (κ1) is 13.2. The fourth-order valence-electron chi connectivity index (χ4n) is 1.84. The zero-order chi connectivity index (χ0) is 13.0. The van der Waals surface area contributed by atoms with Gasteiger partial charge in [-0.2, -0.15) is 5.26 Å². The van der Waals surface area contributed by atoms with E-state index in [0.717, 1.165) is 13.1 Å². The van der Waals surface area contributed by atoms with Crippen molar-refractivity contribution < 1.29 is 9.47 Å². The van der Waals surface area contributed by atoms with Crippen molar-refractivity contribution in [1.29, 1.82) is 5.26 Å². The molecule has 0 bridgehead atoms. The van der Waals surface area contributed by atoms with E-state index in [1.54, 1.807) is 18.2 Å². The summed E-state index contributed by atoms with van der Waals surface area (Å²) in [6.07, 6.45) is 0.226. The number of halogens is 1. The molecule has 1 fully saturated rings. The van der Waals surface area contributed by atoms with E-state index in [1.165, 1.54) is 0 Å². The number of hydrogen-bond donors (Lipinski definition) is 1. The lowest BCUT2D eigenvalue weighted by Gasteiger charge is -2.28. The number of hydrogen-bond acceptors (Lipinski definition) is 4. The molecular weight excluding hydrogens is 252 g/mol. The average Bonchev–Trinajstić information content (AvgIpc) is 2.37. The molecule has 0 aliphatic carbocycles. The number of nitrogens with zero attached hydrogens (tertiary/aromatic N) is 1. The van der Waals surface area contributed by atoms with E-state index in [0.29, 0.717) is 22.9 Å². The molecule has 0 saturated carbocycles. The minimum Gasteiger partial charge on any atom is -0.489 e. The highest BCUT2D eigenvalue weighted by molar-refractivity contribution is 6.32. The van der Waals surface area contributed by atoms with E-state index < -0.39 is 0 Å². The van der Waals surface area contributed by atoms with Crippen LogP contribution < -0.4 is 10.1 Å². The minimum atomic E-state index is 0.0282. The molecular formula is C13H15ClN2O2. The van der Waals surface area contributed by atoms with Crippen LogP contribution in [0.15, 0.2) is 18.2 Å². The van der Waals surface area contributed by atoms with Gasteiger partial charge in [0.15, 0.2) is 0 Å². The van der Waals surface area contributed by atoms with Gasteiger partial charge in [-0.25, -0.2) is 0 Å². The molecule has 1 N–H and O–H groups in total. The maximum Gasteiger partial charge on any atom is 0.138 e. The van der Waals surface area contributed by atoms with Crippen molar-refractivity contribution in [2.75, 3.05) is 19.7 Å². The Morgan fingerprint density at radius 2 is 2.39 bits per heavy atom. The Labute approximate surface area is 111 Å². The Morgan fingerprint density at radius 3 is 3.06 bits per heavy atom. The molecule has 18 heavy (non-hydrogen) atoms. The van der Waals surface area contributed by atoms with Crippen molar-refractivity contribution in [3.63, 3.8) is 0 Å². The lowest BCUT2D eigenvalue weighted by molar-refractivity contribution is -0.0470. The van der Waals surface area contributed by atoms with Crippen LogP contribution in [0.25, 0.3) is 0 Å². The summed E-state index contributed by atoms with van der Waals surface area (Å²) in [6, 6.07) is 7.02. The quantitative estimate of drug-likeness (QED) is 0.909. The maximum atomic E-state index is 8.74. The molecule has 0 amide bonds.